The minimum Gasteiger partial charge on any atom is -1.00 e. The first-order valence-corrected chi connectivity index (χ1v) is 3.62. The van der Waals surface area contributed by atoms with Gasteiger partial charge in [0, 0.05) is 0 Å². The van der Waals surface area contributed by atoms with E-state index in [1.165, 1.54) is 6.07 Å². The average Bonchev–Trinajstić information content (AvgIpc) is 1.96. The standard InChI is InChI=1S/C6H4Cl2N2O2.K.H/c7-3-1-2(9)4(8)5(10-3)6(11)12;;/h1H,(H2,9,10)(H,11,12);;/q;+1;-1. The van der Waals surface area contributed by atoms with Gasteiger partial charge in [0.05, 0.1) is 10.7 Å². The number of rotatable bonds is 1. The molecule has 0 atom stereocenters. The molecular formula is C6H5Cl2KN2O2. The second kappa shape index (κ2) is 5.50. The van der Waals surface area contributed by atoms with Crippen LogP contribution in [0, 0.1) is 0 Å². The van der Waals surface area contributed by atoms with Gasteiger partial charge in [-0.05, 0) is 6.07 Å². The Morgan fingerprint density at radius 1 is 1.62 bits per heavy atom. The molecule has 1 aromatic heterocycles. The molecule has 0 saturated heterocycles. The summed E-state index contributed by atoms with van der Waals surface area (Å²) in [5.41, 5.74) is 5.11. The molecule has 0 bridgehead atoms. The van der Waals surface area contributed by atoms with E-state index in [1.807, 2.05) is 0 Å². The van der Waals surface area contributed by atoms with Gasteiger partial charge in [-0.25, -0.2) is 9.78 Å². The summed E-state index contributed by atoms with van der Waals surface area (Å²) in [5.74, 6) is -1.26. The van der Waals surface area contributed by atoms with Crippen LogP contribution in [-0.2, 0) is 0 Å². The van der Waals surface area contributed by atoms with Crippen LogP contribution in [0.1, 0.15) is 11.9 Å². The van der Waals surface area contributed by atoms with Crippen LogP contribution in [0.15, 0.2) is 6.07 Å². The molecule has 1 aromatic rings. The van der Waals surface area contributed by atoms with Crippen LogP contribution in [-0.4, -0.2) is 16.1 Å². The third kappa shape index (κ3) is 3.36. The van der Waals surface area contributed by atoms with Crippen molar-refractivity contribution in [2.24, 2.45) is 0 Å². The zero-order valence-corrected chi connectivity index (χ0v) is 11.3. The Labute approximate surface area is 128 Å². The molecule has 1 heterocycles. The summed E-state index contributed by atoms with van der Waals surface area (Å²) in [6.07, 6.45) is 0. The first-order valence-electron chi connectivity index (χ1n) is 2.87. The van der Waals surface area contributed by atoms with Crippen molar-refractivity contribution in [3.05, 3.63) is 21.9 Å². The second-order valence-electron chi connectivity index (χ2n) is 2.00. The number of aromatic carboxylic acids is 1. The molecule has 3 N–H and O–H groups in total. The summed E-state index contributed by atoms with van der Waals surface area (Å²) in [5, 5.41) is 8.47. The summed E-state index contributed by atoms with van der Waals surface area (Å²) in [6, 6.07) is 1.29. The van der Waals surface area contributed by atoms with Gasteiger partial charge >= 0.3 is 57.4 Å². The Kier molecular flexibility index (Phi) is 5.77. The van der Waals surface area contributed by atoms with E-state index in [9.17, 15) is 4.79 Å². The molecule has 0 fully saturated rings. The van der Waals surface area contributed by atoms with E-state index in [-0.39, 0.29) is 74.4 Å². The maximum atomic E-state index is 10.5. The quantitative estimate of drug-likeness (QED) is 0.482. The van der Waals surface area contributed by atoms with Crippen LogP contribution < -0.4 is 57.1 Å². The number of carbonyl (C=O) groups is 1. The predicted octanol–water partition coefficient (Wildman–Crippen LogP) is -1.21. The smallest absolute Gasteiger partial charge is 1.00 e. The summed E-state index contributed by atoms with van der Waals surface area (Å²) in [6.45, 7) is 0. The van der Waals surface area contributed by atoms with Crippen LogP contribution >= 0.6 is 23.2 Å². The summed E-state index contributed by atoms with van der Waals surface area (Å²) in [4.78, 5) is 14.0. The monoisotopic (exact) mass is 246 g/mol. The molecule has 0 aliphatic heterocycles. The topological polar surface area (TPSA) is 76.2 Å². The van der Waals surface area contributed by atoms with Crippen molar-refractivity contribution >= 4 is 34.9 Å². The van der Waals surface area contributed by atoms with Crippen LogP contribution in [0.5, 0.6) is 0 Å². The van der Waals surface area contributed by atoms with E-state index in [1.54, 1.807) is 0 Å². The molecule has 0 spiro atoms. The number of nitrogens with zero attached hydrogens (tertiary/aromatic N) is 1. The molecule has 4 nitrogen and oxygen atoms in total. The van der Waals surface area contributed by atoms with E-state index < -0.39 is 5.97 Å². The molecule has 0 aliphatic carbocycles. The third-order valence-electron chi connectivity index (χ3n) is 1.16. The number of anilines is 1. The Hall–Kier alpha value is 0.636. The molecule has 1 rings (SSSR count). The number of nitrogen functional groups attached to an aromatic ring is 1. The fourth-order valence-corrected chi connectivity index (χ4v) is 1.04. The van der Waals surface area contributed by atoms with Crippen LogP contribution in [0.2, 0.25) is 10.2 Å². The minimum atomic E-state index is -1.26. The van der Waals surface area contributed by atoms with Crippen LogP contribution in [0.25, 0.3) is 0 Å². The SMILES string of the molecule is Nc1cc(Cl)nc(C(=O)O)c1Cl.[H-].[K+]. The fraction of sp³-hybridized carbons (Fsp3) is 0. The van der Waals surface area contributed by atoms with E-state index in [0.717, 1.165) is 0 Å². The van der Waals surface area contributed by atoms with Crippen molar-refractivity contribution in [1.29, 1.82) is 0 Å². The average molecular weight is 247 g/mol. The summed E-state index contributed by atoms with van der Waals surface area (Å²) < 4.78 is 0. The molecule has 13 heavy (non-hydrogen) atoms. The van der Waals surface area contributed by atoms with Gasteiger partial charge in [0.1, 0.15) is 5.15 Å². The van der Waals surface area contributed by atoms with Gasteiger partial charge in [0.25, 0.3) is 0 Å². The molecular weight excluding hydrogens is 242 g/mol. The van der Waals surface area contributed by atoms with Crippen molar-refractivity contribution in [3.8, 4) is 0 Å². The number of carboxylic acids is 1. The van der Waals surface area contributed by atoms with Gasteiger partial charge < -0.3 is 12.3 Å². The van der Waals surface area contributed by atoms with Gasteiger partial charge in [-0.15, -0.1) is 0 Å². The Bertz CT molecular complexity index is 351. The molecule has 66 valence electrons. The maximum absolute atomic E-state index is 10.5. The largest absolute Gasteiger partial charge is 1.00 e. The fourth-order valence-electron chi connectivity index (χ4n) is 0.658. The third-order valence-corrected chi connectivity index (χ3v) is 1.75. The molecule has 0 radical (unpaired) electrons. The van der Waals surface area contributed by atoms with E-state index in [4.69, 9.17) is 34.0 Å². The molecule has 0 amide bonds. The summed E-state index contributed by atoms with van der Waals surface area (Å²) >= 11 is 11.0. The Balaban J connectivity index is 0. The predicted molar refractivity (Wildman–Crippen MR) is 46.7 cm³/mol. The normalized spacial score (nSPS) is 9.08. The number of carboxylic acid groups (broad SMARTS) is 1. The zero-order valence-electron chi connectivity index (χ0n) is 7.71. The number of hydrogen-bond acceptors (Lipinski definition) is 3. The van der Waals surface area contributed by atoms with Crippen molar-refractivity contribution in [1.82, 2.24) is 4.98 Å². The van der Waals surface area contributed by atoms with Gasteiger partial charge in [0.2, 0.25) is 0 Å². The first kappa shape index (κ1) is 13.6. The van der Waals surface area contributed by atoms with Gasteiger partial charge in [0.15, 0.2) is 5.69 Å². The number of pyridine rings is 1. The Morgan fingerprint density at radius 3 is 2.62 bits per heavy atom. The number of halogens is 2. The summed E-state index contributed by atoms with van der Waals surface area (Å²) in [7, 11) is 0. The molecule has 7 heteroatoms. The number of hydrogen-bond donors (Lipinski definition) is 2. The Morgan fingerprint density at radius 2 is 2.15 bits per heavy atom. The molecule has 0 aromatic carbocycles. The zero-order chi connectivity index (χ0) is 9.30. The number of nitrogens with two attached hydrogens (primary N) is 1. The second-order valence-corrected chi connectivity index (χ2v) is 2.77. The molecule has 0 aliphatic rings. The van der Waals surface area contributed by atoms with Crippen molar-refractivity contribution < 1.29 is 62.7 Å². The van der Waals surface area contributed by atoms with Crippen molar-refractivity contribution in [2.75, 3.05) is 5.73 Å². The van der Waals surface area contributed by atoms with Crippen LogP contribution in [0.3, 0.4) is 0 Å². The van der Waals surface area contributed by atoms with E-state index in [0.29, 0.717) is 0 Å². The van der Waals surface area contributed by atoms with Crippen molar-refractivity contribution in [3.63, 3.8) is 0 Å². The van der Waals surface area contributed by atoms with Gasteiger partial charge in [-0.1, -0.05) is 23.2 Å². The van der Waals surface area contributed by atoms with Gasteiger partial charge in [-0.2, -0.15) is 0 Å². The maximum Gasteiger partial charge on any atom is 1.00 e. The molecule has 0 saturated carbocycles. The number of aromatic nitrogens is 1. The minimum absolute atomic E-state index is 0. The van der Waals surface area contributed by atoms with E-state index in [2.05, 4.69) is 4.98 Å². The van der Waals surface area contributed by atoms with Crippen molar-refractivity contribution in [2.45, 2.75) is 0 Å². The molecule has 0 unspecified atom stereocenters. The first-order chi connectivity index (χ1) is 5.52. The van der Waals surface area contributed by atoms with Gasteiger partial charge in [-0.3, -0.25) is 0 Å². The van der Waals surface area contributed by atoms with Crippen LogP contribution in [0.4, 0.5) is 5.69 Å². The van der Waals surface area contributed by atoms with E-state index >= 15 is 0 Å².